The number of hydrogen-bond donors (Lipinski definition) is 1. The number of nitrogens with zero attached hydrogens (tertiary/aromatic N) is 1. The second kappa shape index (κ2) is 5.52. The maximum atomic E-state index is 5.25. The van der Waals surface area contributed by atoms with Crippen molar-refractivity contribution in [3.63, 3.8) is 0 Å². The Hall–Kier alpha value is -0.120. The highest BCUT2D eigenvalue weighted by Crippen LogP contribution is 1.93. The Labute approximate surface area is 68.7 Å². The molecule has 0 amide bonds. The van der Waals surface area contributed by atoms with Gasteiger partial charge in [0.1, 0.15) is 0 Å². The number of likely N-dealkylation sites (N-methyl/N-ethyl adjacent to an activating group) is 1. The van der Waals surface area contributed by atoms with Crippen LogP contribution in [0.25, 0.3) is 0 Å². The topological polar surface area (TPSA) is 29.1 Å². The minimum absolute atomic E-state index is 0.923. The normalized spacial score (nSPS) is 20.5. The van der Waals surface area contributed by atoms with Gasteiger partial charge in [0, 0.05) is 19.6 Å². The maximum absolute atomic E-state index is 5.25. The summed E-state index contributed by atoms with van der Waals surface area (Å²) in [5.74, 6) is 0. The Morgan fingerprint density at radius 1 is 1.36 bits per heavy atom. The molecular weight excluding hydrogens is 140 g/mol. The third kappa shape index (κ3) is 3.70. The summed E-state index contributed by atoms with van der Waals surface area (Å²) in [6, 6.07) is 0. The number of rotatable bonds is 4. The molecule has 1 aliphatic rings. The molecule has 1 heterocycles. The first-order valence-corrected chi connectivity index (χ1v) is 4.55. The molecule has 0 saturated carbocycles. The van der Waals surface area contributed by atoms with Gasteiger partial charge in [-0.2, -0.15) is 0 Å². The molecule has 66 valence electrons. The molecule has 0 aromatic rings. The van der Waals surface area contributed by atoms with Gasteiger partial charge in [0.05, 0.1) is 26.3 Å². The molecule has 3 heteroatoms. The van der Waals surface area contributed by atoms with E-state index in [-0.39, 0.29) is 0 Å². The summed E-state index contributed by atoms with van der Waals surface area (Å²) in [4.78, 5) is 2.47. The number of ether oxygens (including phenoxy) is 1. The summed E-state index contributed by atoms with van der Waals surface area (Å²) >= 11 is 0. The number of quaternary nitrogens is 1. The first kappa shape index (κ1) is 8.97. The third-order valence-electron chi connectivity index (χ3n) is 2.04. The molecule has 0 radical (unpaired) electrons. The SMILES string of the molecule is CC[NH2+]CCN1CCOCC1. The van der Waals surface area contributed by atoms with Gasteiger partial charge >= 0.3 is 0 Å². The zero-order chi connectivity index (χ0) is 7.94. The van der Waals surface area contributed by atoms with Crippen LogP contribution in [0.4, 0.5) is 0 Å². The van der Waals surface area contributed by atoms with E-state index in [1.807, 2.05) is 0 Å². The van der Waals surface area contributed by atoms with Gasteiger partial charge in [-0.15, -0.1) is 0 Å². The van der Waals surface area contributed by atoms with Gasteiger partial charge in [0.25, 0.3) is 0 Å². The molecule has 0 bridgehead atoms. The van der Waals surface area contributed by atoms with Gasteiger partial charge in [-0.25, -0.2) is 0 Å². The van der Waals surface area contributed by atoms with Crippen LogP contribution in [-0.2, 0) is 4.74 Å². The van der Waals surface area contributed by atoms with Crippen LogP contribution in [0.3, 0.4) is 0 Å². The van der Waals surface area contributed by atoms with E-state index >= 15 is 0 Å². The Morgan fingerprint density at radius 2 is 2.09 bits per heavy atom. The average molecular weight is 159 g/mol. The molecule has 2 N–H and O–H groups in total. The van der Waals surface area contributed by atoms with Crippen LogP contribution >= 0.6 is 0 Å². The average Bonchev–Trinajstić information content (AvgIpc) is 2.07. The predicted molar refractivity (Wildman–Crippen MR) is 44.6 cm³/mol. The highest BCUT2D eigenvalue weighted by Gasteiger charge is 2.09. The first-order valence-electron chi connectivity index (χ1n) is 4.55. The molecular formula is C8H19N2O+. The molecule has 3 nitrogen and oxygen atoms in total. The molecule has 1 fully saturated rings. The highest BCUT2D eigenvalue weighted by atomic mass is 16.5. The van der Waals surface area contributed by atoms with E-state index in [9.17, 15) is 0 Å². The second-order valence-corrected chi connectivity index (χ2v) is 2.94. The zero-order valence-electron chi connectivity index (χ0n) is 7.38. The van der Waals surface area contributed by atoms with Crippen molar-refractivity contribution in [1.82, 2.24) is 4.90 Å². The van der Waals surface area contributed by atoms with Crippen molar-refractivity contribution in [2.45, 2.75) is 6.92 Å². The largest absolute Gasteiger partial charge is 0.379 e. The standard InChI is InChI=1S/C8H18N2O/c1-2-9-3-4-10-5-7-11-8-6-10/h9H,2-8H2,1H3/p+1. The minimum atomic E-state index is 0.923. The lowest BCUT2D eigenvalue weighted by Crippen LogP contribution is -2.85. The Bertz CT molecular complexity index is 92.1. The Kier molecular flexibility index (Phi) is 4.50. The summed E-state index contributed by atoms with van der Waals surface area (Å²) in [5.41, 5.74) is 0. The number of morpholine rings is 1. The fourth-order valence-electron chi connectivity index (χ4n) is 1.30. The van der Waals surface area contributed by atoms with E-state index in [1.165, 1.54) is 19.6 Å². The van der Waals surface area contributed by atoms with Crippen LogP contribution in [-0.4, -0.2) is 50.8 Å². The lowest BCUT2D eigenvalue weighted by atomic mass is 10.4. The summed E-state index contributed by atoms with van der Waals surface area (Å²) in [5, 5.41) is 2.34. The quantitative estimate of drug-likeness (QED) is 0.528. The van der Waals surface area contributed by atoms with Crippen LogP contribution in [0, 0.1) is 0 Å². The van der Waals surface area contributed by atoms with Crippen LogP contribution in [0.15, 0.2) is 0 Å². The van der Waals surface area contributed by atoms with E-state index < -0.39 is 0 Å². The molecule has 0 unspecified atom stereocenters. The Morgan fingerprint density at radius 3 is 2.73 bits per heavy atom. The summed E-state index contributed by atoms with van der Waals surface area (Å²) in [6.07, 6.45) is 0. The molecule has 0 aromatic heterocycles. The van der Waals surface area contributed by atoms with Crippen molar-refractivity contribution in [2.24, 2.45) is 0 Å². The fraction of sp³-hybridized carbons (Fsp3) is 1.00. The molecule has 11 heavy (non-hydrogen) atoms. The molecule has 0 atom stereocenters. The number of nitrogens with two attached hydrogens (primary N) is 1. The lowest BCUT2D eigenvalue weighted by molar-refractivity contribution is -0.651. The van der Waals surface area contributed by atoms with Crippen LogP contribution < -0.4 is 5.32 Å². The van der Waals surface area contributed by atoms with Gasteiger partial charge in [0.15, 0.2) is 0 Å². The minimum Gasteiger partial charge on any atom is -0.379 e. The number of hydrogen-bond acceptors (Lipinski definition) is 2. The fourth-order valence-corrected chi connectivity index (χ4v) is 1.30. The monoisotopic (exact) mass is 159 g/mol. The predicted octanol–water partition coefficient (Wildman–Crippen LogP) is -1.10. The Balaban J connectivity index is 1.96. The molecule has 0 spiro atoms. The molecule has 1 aliphatic heterocycles. The van der Waals surface area contributed by atoms with Crippen molar-refractivity contribution in [2.75, 3.05) is 45.9 Å². The van der Waals surface area contributed by atoms with Crippen molar-refractivity contribution in [1.29, 1.82) is 0 Å². The van der Waals surface area contributed by atoms with E-state index in [2.05, 4.69) is 17.1 Å². The molecule has 1 rings (SSSR count). The van der Waals surface area contributed by atoms with Gasteiger partial charge in [0.2, 0.25) is 0 Å². The van der Waals surface area contributed by atoms with Crippen molar-refractivity contribution < 1.29 is 10.1 Å². The van der Waals surface area contributed by atoms with Gasteiger partial charge < -0.3 is 10.1 Å². The van der Waals surface area contributed by atoms with E-state index in [0.717, 1.165) is 26.3 Å². The highest BCUT2D eigenvalue weighted by molar-refractivity contribution is 4.59. The maximum Gasteiger partial charge on any atom is 0.0884 e. The smallest absolute Gasteiger partial charge is 0.0884 e. The lowest BCUT2D eigenvalue weighted by Gasteiger charge is -2.25. The summed E-state index contributed by atoms with van der Waals surface area (Å²) < 4.78 is 5.25. The summed E-state index contributed by atoms with van der Waals surface area (Å²) in [6.45, 7) is 9.94. The van der Waals surface area contributed by atoms with Crippen LogP contribution in [0.1, 0.15) is 6.92 Å². The van der Waals surface area contributed by atoms with Gasteiger partial charge in [-0.1, -0.05) is 0 Å². The molecule has 0 aliphatic carbocycles. The van der Waals surface area contributed by atoms with E-state index in [4.69, 9.17) is 4.74 Å². The molecule has 1 saturated heterocycles. The van der Waals surface area contributed by atoms with Crippen molar-refractivity contribution in [3.8, 4) is 0 Å². The molecule has 0 aromatic carbocycles. The first-order chi connectivity index (χ1) is 5.43. The van der Waals surface area contributed by atoms with Crippen molar-refractivity contribution in [3.05, 3.63) is 0 Å². The second-order valence-electron chi connectivity index (χ2n) is 2.94. The van der Waals surface area contributed by atoms with Gasteiger partial charge in [-0.3, -0.25) is 4.90 Å². The summed E-state index contributed by atoms with van der Waals surface area (Å²) in [7, 11) is 0. The van der Waals surface area contributed by atoms with Gasteiger partial charge in [-0.05, 0) is 6.92 Å². The zero-order valence-corrected chi connectivity index (χ0v) is 7.38. The van der Waals surface area contributed by atoms with Crippen LogP contribution in [0.5, 0.6) is 0 Å². The van der Waals surface area contributed by atoms with Crippen molar-refractivity contribution >= 4 is 0 Å². The third-order valence-corrected chi connectivity index (χ3v) is 2.04. The van der Waals surface area contributed by atoms with E-state index in [0.29, 0.717) is 0 Å². The van der Waals surface area contributed by atoms with Crippen LogP contribution in [0.2, 0.25) is 0 Å². The van der Waals surface area contributed by atoms with E-state index in [1.54, 1.807) is 0 Å².